The van der Waals surface area contributed by atoms with Gasteiger partial charge in [-0.25, -0.2) is 0 Å². The highest BCUT2D eigenvalue weighted by molar-refractivity contribution is 5.54. The van der Waals surface area contributed by atoms with Gasteiger partial charge in [-0.15, -0.1) is 0 Å². The molecule has 1 rings (SSSR count). The zero-order valence-electron chi connectivity index (χ0n) is 14.1. The fourth-order valence-corrected chi connectivity index (χ4v) is 1.94. The number of nitrogens with one attached hydrogen (secondary N) is 1. The molecule has 0 fully saturated rings. The van der Waals surface area contributed by atoms with Crippen LogP contribution in [0.15, 0.2) is 12.1 Å². The third-order valence-corrected chi connectivity index (χ3v) is 3.57. The normalized spacial score (nSPS) is 12.9. The molecular weight excluding hydrogens is 270 g/mol. The third-order valence-electron chi connectivity index (χ3n) is 3.57. The van der Waals surface area contributed by atoms with Crippen molar-refractivity contribution >= 4 is 0 Å². The first-order valence-electron chi connectivity index (χ1n) is 6.97. The highest BCUT2D eigenvalue weighted by Crippen LogP contribution is 2.39. The first-order valence-corrected chi connectivity index (χ1v) is 6.97. The topological polar surface area (TPSA) is 49.0 Å². The van der Waals surface area contributed by atoms with Crippen LogP contribution in [0.5, 0.6) is 17.2 Å². The Hall–Kier alpha value is -1.46. The van der Waals surface area contributed by atoms with E-state index in [4.69, 9.17) is 18.9 Å². The van der Waals surface area contributed by atoms with Crippen LogP contribution in [0.1, 0.15) is 32.4 Å². The first-order chi connectivity index (χ1) is 9.88. The van der Waals surface area contributed by atoms with Crippen molar-refractivity contribution in [2.45, 2.75) is 32.4 Å². The quantitative estimate of drug-likeness (QED) is 0.799. The minimum absolute atomic E-state index is 0.133. The molecule has 5 heteroatoms. The Kier molecular flexibility index (Phi) is 6.30. The van der Waals surface area contributed by atoms with Gasteiger partial charge in [-0.1, -0.05) is 0 Å². The molecule has 0 spiro atoms. The molecule has 0 radical (unpaired) electrons. The van der Waals surface area contributed by atoms with Gasteiger partial charge in [0.15, 0.2) is 11.5 Å². The Labute approximate surface area is 127 Å². The third kappa shape index (κ3) is 4.51. The first kappa shape index (κ1) is 17.6. The van der Waals surface area contributed by atoms with E-state index in [1.54, 1.807) is 28.4 Å². The highest BCUT2D eigenvalue weighted by atomic mass is 16.5. The van der Waals surface area contributed by atoms with Gasteiger partial charge in [-0.3, -0.25) is 0 Å². The van der Waals surface area contributed by atoms with Gasteiger partial charge < -0.3 is 24.3 Å². The Bertz CT molecular complexity index is 435. The minimum atomic E-state index is -0.213. The maximum Gasteiger partial charge on any atom is 0.203 e. The Morgan fingerprint density at radius 3 is 1.90 bits per heavy atom. The maximum absolute atomic E-state index is 5.42. The lowest BCUT2D eigenvalue weighted by Crippen LogP contribution is -2.37. The molecule has 0 aliphatic heterocycles. The minimum Gasteiger partial charge on any atom is -0.493 e. The van der Waals surface area contributed by atoms with Gasteiger partial charge in [0.2, 0.25) is 5.75 Å². The van der Waals surface area contributed by atoms with Crippen LogP contribution >= 0.6 is 0 Å². The summed E-state index contributed by atoms with van der Waals surface area (Å²) in [4.78, 5) is 0. The summed E-state index contributed by atoms with van der Waals surface area (Å²) in [6, 6.07) is 4.05. The molecule has 1 unspecified atom stereocenters. The molecular formula is C16H27NO4. The van der Waals surface area contributed by atoms with E-state index in [-0.39, 0.29) is 11.6 Å². The van der Waals surface area contributed by atoms with Crippen molar-refractivity contribution in [1.29, 1.82) is 0 Å². The lowest BCUT2D eigenvalue weighted by molar-refractivity contribution is 0.0214. The van der Waals surface area contributed by atoms with Crippen LogP contribution in [-0.2, 0) is 4.74 Å². The largest absolute Gasteiger partial charge is 0.493 e. The number of benzene rings is 1. The van der Waals surface area contributed by atoms with Crippen LogP contribution < -0.4 is 19.5 Å². The van der Waals surface area contributed by atoms with E-state index in [0.29, 0.717) is 17.2 Å². The molecule has 0 aliphatic rings. The van der Waals surface area contributed by atoms with Crippen molar-refractivity contribution in [2.75, 3.05) is 35.0 Å². The van der Waals surface area contributed by atoms with Gasteiger partial charge in [-0.2, -0.15) is 0 Å². The van der Waals surface area contributed by atoms with E-state index >= 15 is 0 Å². The van der Waals surface area contributed by atoms with Gasteiger partial charge in [0.1, 0.15) is 0 Å². The van der Waals surface area contributed by atoms with E-state index in [2.05, 4.69) is 12.2 Å². The Morgan fingerprint density at radius 1 is 1.00 bits per heavy atom. The summed E-state index contributed by atoms with van der Waals surface area (Å²) >= 11 is 0. The van der Waals surface area contributed by atoms with Crippen LogP contribution in [0, 0.1) is 0 Å². The van der Waals surface area contributed by atoms with Crippen LogP contribution in [0.2, 0.25) is 0 Å². The molecule has 21 heavy (non-hydrogen) atoms. The van der Waals surface area contributed by atoms with Crippen molar-refractivity contribution in [1.82, 2.24) is 5.32 Å². The second-order valence-corrected chi connectivity index (χ2v) is 5.53. The summed E-state index contributed by atoms with van der Waals surface area (Å²) in [6.07, 6.45) is 0. The van der Waals surface area contributed by atoms with E-state index < -0.39 is 0 Å². The molecule has 0 heterocycles. The molecule has 0 amide bonds. The number of rotatable bonds is 8. The SMILES string of the molecule is COc1cc(C(C)NCC(C)(C)OC)cc(OC)c1OC. The van der Waals surface area contributed by atoms with Crippen LogP contribution in [-0.4, -0.2) is 40.6 Å². The molecule has 5 nitrogen and oxygen atoms in total. The van der Waals surface area contributed by atoms with Gasteiger partial charge in [0.05, 0.1) is 26.9 Å². The highest BCUT2D eigenvalue weighted by Gasteiger charge is 2.20. The van der Waals surface area contributed by atoms with Gasteiger partial charge in [0.25, 0.3) is 0 Å². The Morgan fingerprint density at radius 2 is 1.52 bits per heavy atom. The van der Waals surface area contributed by atoms with E-state index in [9.17, 15) is 0 Å². The molecule has 0 saturated heterocycles. The van der Waals surface area contributed by atoms with Crippen molar-refractivity contribution in [3.63, 3.8) is 0 Å². The second kappa shape index (κ2) is 7.52. The fraction of sp³-hybridized carbons (Fsp3) is 0.625. The molecule has 0 bridgehead atoms. The van der Waals surface area contributed by atoms with E-state index in [1.165, 1.54) is 0 Å². The summed E-state index contributed by atoms with van der Waals surface area (Å²) in [6.45, 7) is 6.91. The predicted molar refractivity (Wildman–Crippen MR) is 83.6 cm³/mol. The van der Waals surface area contributed by atoms with Crippen molar-refractivity contribution in [3.8, 4) is 17.2 Å². The monoisotopic (exact) mass is 297 g/mol. The van der Waals surface area contributed by atoms with Crippen LogP contribution in [0.4, 0.5) is 0 Å². The van der Waals surface area contributed by atoms with Crippen LogP contribution in [0.3, 0.4) is 0 Å². The summed E-state index contributed by atoms with van der Waals surface area (Å²) < 4.78 is 21.5. The second-order valence-electron chi connectivity index (χ2n) is 5.53. The van der Waals surface area contributed by atoms with E-state index in [1.807, 2.05) is 26.0 Å². The van der Waals surface area contributed by atoms with Crippen molar-refractivity contribution in [3.05, 3.63) is 17.7 Å². The molecule has 0 aliphatic carbocycles. The maximum atomic E-state index is 5.42. The summed E-state index contributed by atoms with van der Waals surface area (Å²) in [5.41, 5.74) is 0.853. The lowest BCUT2D eigenvalue weighted by Gasteiger charge is -2.26. The van der Waals surface area contributed by atoms with Crippen molar-refractivity contribution < 1.29 is 18.9 Å². The van der Waals surface area contributed by atoms with Gasteiger partial charge in [-0.05, 0) is 38.5 Å². The fourth-order valence-electron chi connectivity index (χ4n) is 1.94. The van der Waals surface area contributed by atoms with Gasteiger partial charge >= 0.3 is 0 Å². The zero-order valence-corrected chi connectivity index (χ0v) is 14.1. The molecule has 1 aromatic rings. The van der Waals surface area contributed by atoms with Crippen LogP contribution in [0.25, 0.3) is 0 Å². The average Bonchev–Trinajstić information content (AvgIpc) is 2.50. The van der Waals surface area contributed by atoms with Gasteiger partial charge in [0, 0.05) is 19.7 Å². The average molecular weight is 297 g/mol. The zero-order chi connectivity index (χ0) is 16.0. The number of hydrogen-bond donors (Lipinski definition) is 1. The van der Waals surface area contributed by atoms with E-state index in [0.717, 1.165) is 12.1 Å². The number of ether oxygens (including phenoxy) is 4. The number of hydrogen-bond acceptors (Lipinski definition) is 5. The lowest BCUT2D eigenvalue weighted by atomic mass is 10.0. The molecule has 1 aromatic carbocycles. The predicted octanol–water partition coefficient (Wildman–Crippen LogP) is 2.79. The Balaban J connectivity index is 2.97. The smallest absolute Gasteiger partial charge is 0.203 e. The molecule has 0 saturated carbocycles. The molecule has 1 atom stereocenters. The summed E-state index contributed by atoms with van der Waals surface area (Å²) in [5.74, 6) is 1.92. The molecule has 0 aromatic heterocycles. The number of methoxy groups -OCH3 is 4. The summed E-state index contributed by atoms with van der Waals surface area (Å²) in [7, 11) is 6.55. The molecule has 1 N–H and O–H groups in total. The van der Waals surface area contributed by atoms with Crippen molar-refractivity contribution in [2.24, 2.45) is 0 Å². The summed E-state index contributed by atoms with van der Waals surface area (Å²) in [5, 5.41) is 3.45. The molecule has 120 valence electrons. The standard InChI is InChI=1S/C16H27NO4/c1-11(17-10-16(2,3)21-7)12-8-13(18-4)15(20-6)14(9-12)19-5/h8-9,11,17H,10H2,1-7H3.